The summed E-state index contributed by atoms with van der Waals surface area (Å²) in [6.45, 7) is 13.5. The molecule has 0 radical (unpaired) electrons. The molecule has 19 heavy (non-hydrogen) atoms. The molecule has 2 rings (SSSR count). The Balaban J connectivity index is 2.68. The molecule has 0 atom stereocenters. The molecule has 0 aliphatic carbocycles. The van der Waals surface area contributed by atoms with Crippen LogP contribution in [0.4, 0.5) is 0 Å². The van der Waals surface area contributed by atoms with Crippen LogP contribution in [0.15, 0.2) is 18.2 Å². The molecular weight excluding hydrogens is 252 g/mol. The molecule has 0 aliphatic rings. The quantitative estimate of drug-likeness (QED) is 0.750. The standard InChI is InChI=1S/C16H24N2S/c1-11-8-7-9-12-13(11)18(14(19)17-12)16(5,6)10-15(2,3)4/h7-9H,10H2,1-6H3,(H,17,19). The zero-order chi connectivity index (χ0) is 14.4. The Kier molecular flexibility index (Phi) is 3.38. The predicted octanol–water partition coefficient (Wildman–Crippen LogP) is 5.18. The lowest BCUT2D eigenvalue weighted by Crippen LogP contribution is -2.31. The highest BCUT2D eigenvalue weighted by atomic mass is 32.1. The van der Waals surface area contributed by atoms with Crippen LogP contribution in [-0.4, -0.2) is 9.55 Å². The molecule has 0 aliphatic heterocycles. The second-order valence-corrected chi connectivity index (χ2v) is 7.67. The number of nitrogens with zero attached hydrogens (tertiary/aromatic N) is 1. The van der Waals surface area contributed by atoms with Crippen molar-refractivity contribution in [1.82, 2.24) is 9.55 Å². The van der Waals surface area contributed by atoms with Gasteiger partial charge in [0, 0.05) is 5.54 Å². The van der Waals surface area contributed by atoms with Gasteiger partial charge < -0.3 is 9.55 Å². The number of H-pyrrole nitrogens is 1. The van der Waals surface area contributed by atoms with Gasteiger partial charge in [0.2, 0.25) is 0 Å². The van der Waals surface area contributed by atoms with Crippen LogP contribution in [0.3, 0.4) is 0 Å². The lowest BCUT2D eigenvalue weighted by Gasteiger charge is -2.34. The van der Waals surface area contributed by atoms with Gasteiger partial charge in [-0.25, -0.2) is 0 Å². The van der Waals surface area contributed by atoms with E-state index in [-0.39, 0.29) is 11.0 Å². The lowest BCUT2D eigenvalue weighted by molar-refractivity contribution is 0.217. The van der Waals surface area contributed by atoms with Crippen molar-refractivity contribution in [3.8, 4) is 0 Å². The summed E-state index contributed by atoms with van der Waals surface area (Å²) < 4.78 is 3.11. The molecule has 0 amide bonds. The summed E-state index contributed by atoms with van der Waals surface area (Å²) in [6.07, 6.45) is 1.08. The Morgan fingerprint density at radius 2 is 1.79 bits per heavy atom. The van der Waals surface area contributed by atoms with Crippen LogP contribution >= 0.6 is 12.2 Å². The maximum Gasteiger partial charge on any atom is 0.178 e. The maximum atomic E-state index is 5.56. The highest BCUT2D eigenvalue weighted by molar-refractivity contribution is 7.71. The minimum atomic E-state index is -0.000301. The van der Waals surface area contributed by atoms with Crippen molar-refractivity contribution in [3.63, 3.8) is 0 Å². The number of aromatic nitrogens is 2. The average Bonchev–Trinajstić information content (AvgIpc) is 2.52. The van der Waals surface area contributed by atoms with Gasteiger partial charge in [-0.15, -0.1) is 0 Å². The second-order valence-electron chi connectivity index (χ2n) is 7.29. The number of benzene rings is 1. The molecule has 1 heterocycles. The number of hydrogen-bond donors (Lipinski definition) is 1. The summed E-state index contributed by atoms with van der Waals surface area (Å²) in [5.41, 5.74) is 3.91. The molecule has 2 aromatic rings. The van der Waals surface area contributed by atoms with Crippen LogP contribution in [0.1, 0.15) is 46.6 Å². The predicted molar refractivity (Wildman–Crippen MR) is 85.3 cm³/mol. The van der Waals surface area contributed by atoms with E-state index in [1.807, 2.05) is 0 Å². The Morgan fingerprint density at radius 1 is 1.16 bits per heavy atom. The van der Waals surface area contributed by atoms with Gasteiger partial charge in [0.25, 0.3) is 0 Å². The van der Waals surface area contributed by atoms with E-state index in [1.54, 1.807) is 0 Å². The summed E-state index contributed by atoms with van der Waals surface area (Å²) in [5.74, 6) is 0. The first-order valence-corrected chi connectivity index (χ1v) is 7.23. The molecule has 0 spiro atoms. The van der Waals surface area contributed by atoms with Crippen LogP contribution in [0.5, 0.6) is 0 Å². The van der Waals surface area contributed by atoms with Crippen molar-refractivity contribution >= 4 is 23.3 Å². The van der Waals surface area contributed by atoms with E-state index in [0.29, 0.717) is 0 Å². The van der Waals surface area contributed by atoms with Gasteiger partial charge in [-0.2, -0.15) is 0 Å². The summed E-state index contributed by atoms with van der Waals surface area (Å²) in [5, 5.41) is 0. The number of hydrogen-bond acceptors (Lipinski definition) is 1. The normalized spacial score (nSPS) is 13.2. The van der Waals surface area contributed by atoms with Gasteiger partial charge in [-0.3, -0.25) is 0 Å². The number of aryl methyl sites for hydroxylation is 1. The monoisotopic (exact) mass is 276 g/mol. The Labute approximate surface area is 120 Å². The molecule has 1 N–H and O–H groups in total. The fourth-order valence-electron chi connectivity index (χ4n) is 3.28. The molecule has 3 heteroatoms. The number of nitrogens with one attached hydrogen (secondary N) is 1. The Morgan fingerprint density at radius 3 is 2.37 bits per heavy atom. The molecule has 0 saturated carbocycles. The average molecular weight is 276 g/mol. The van der Waals surface area contributed by atoms with Crippen molar-refractivity contribution in [2.24, 2.45) is 5.41 Å². The number of imidazole rings is 1. The number of aromatic amines is 1. The van der Waals surface area contributed by atoms with Crippen molar-refractivity contribution < 1.29 is 0 Å². The molecule has 0 unspecified atom stereocenters. The van der Waals surface area contributed by atoms with E-state index in [4.69, 9.17) is 12.2 Å². The van der Waals surface area contributed by atoms with E-state index < -0.39 is 0 Å². The molecule has 2 nitrogen and oxygen atoms in total. The molecule has 1 aromatic heterocycles. The largest absolute Gasteiger partial charge is 0.331 e. The minimum Gasteiger partial charge on any atom is -0.331 e. The third-order valence-corrected chi connectivity index (χ3v) is 3.76. The molecule has 0 fully saturated rings. The van der Waals surface area contributed by atoms with Crippen molar-refractivity contribution in [1.29, 1.82) is 0 Å². The first kappa shape index (κ1) is 14.3. The van der Waals surface area contributed by atoms with E-state index in [0.717, 1.165) is 16.7 Å². The Bertz CT molecular complexity index is 653. The fourth-order valence-corrected chi connectivity index (χ4v) is 3.73. The van der Waals surface area contributed by atoms with Gasteiger partial charge in [-0.1, -0.05) is 32.9 Å². The van der Waals surface area contributed by atoms with Gasteiger partial charge in [0.1, 0.15) is 0 Å². The second kappa shape index (κ2) is 4.48. The molecule has 1 aromatic carbocycles. The maximum absolute atomic E-state index is 5.56. The summed E-state index contributed by atoms with van der Waals surface area (Å²) >= 11 is 5.56. The minimum absolute atomic E-state index is 0.000301. The topological polar surface area (TPSA) is 20.7 Å². The highest BCUT2D eigenvalue weighted by Crippen LogP contribution is 2.35. The van der Waals surface area contributed by atoms with Gasteiger partial charge in [-0.05, 0) is 56.5 Å². The first-order valence-electron chi connectivity index (χ1n) is 6.83. The first-order chi connectivity index (χ1) is 8.62. The van der Waals surface area contributed by atoms with Crippen molar-refractivity contribution in [3.05, 3.63) is 28.5 Å². The van der Waals surface area contributed by atoms with Gasteiger partial charge >= 0.3 is 0 Å². The van der Waals surface area contributed by atoms with Crippen LogP contribution in [-0.2, 0) is 5.54 Å². The van der Waals surface area contributed by atoms with Crippen LogP contribution < -0.4 is 0 Å². The third kappa shape index (κ3) is 2.76. The number of para-hydroxylation sites is 1. The number of fused-ring (bicyclic) bond motifs is 1. The smallest absolute Gasteiger partial charge is 0.178 e. The lowest BCUT2D eigenvalue weighted by atomic mass is 9.81. The Hall–Kier alpha value is -1.09. The van der Waals surface area contributed by atoms with E-state index in [2.05, 4.69) is 69.3 Å². The summed E-state index contributed by atoms with van der Waals surface area (Å²) in [7, 11) is 0. The molecule has 0 saturated heterocycles. The van der Waals surface area contributed by atoms with Crippen LogP contribution in [0.25, 0.3) is 11.0 Å². The van der Waals surface area contributed by atoms with Crippen LogP contribution in [0, 0.1) is 17.1 Å². The highest BCUT2D eigenvalue weighted by Gasteiger charge is 2.29. The van der Waals surface area contributed by atoms with E-state index >= 15 is 0 Å². The summed E-state index contributed by atoms with van der Waals surface area (Å²) in [4.78, 5) is 3.34. The van der Waals surface area contributed by atoms with Crippen molar-refractivity contribution in [2.45, 2.75) is 53.5 Å². The van der Waals surface area contributed by atoms with Gasteiger partial charge in [0.05, 0.1) is 11.0 Å². The zero-order valence-corrected chi connectivity index (χ0v) is 13.6. The van der Waals surface area contributed by atoms with Crippen LogP contribution in [0.2, 0.25) is 0 Å². The number of rotatable bonds is 2. The molecule has 0 bridgehead atoms. The van der Waals surface area contributed by atoms with Crippen molar-refractivity contribution in [2.75, 3.05) is 0 Å². The molecular formula is C16H24N2S. The molecule has 104 valence electrons. The SMILES string of the molecule is Cc1cccc2[nH]c(=S)n(C(C)(C)CC(C)(C)C)c12. The summed E-state index contributed by atoms with van der Waals surface area (Å²) in [6, 6.07) is 6.32. The zero-order valence-electron chi connectivity index (χ0n) is 12.8. The third-order valence-electron chi connectivity index (χ3n) is 3.47. The fraction of sp³-hybridized carbons (Fsp3) is 0.562. The van der Waals surface area contributed by atoms with E-state index in [1.165, 1.54) is 11.1 Å². The van der Waals surface area contributed by atoms with Gasteiger partial charge in [0.15, 0.2) is 4.77 Å². The van der Waals surface area contributed by atoms with E-state index in [9.17, 15) is 0 Å².